The van der Waals surface area contributed by atoms with Gasteiger partial charge >= 0.3 is 0 Å². The number of rotatable bonds is 6. The molecule has 1 fully saturated rings. The summed E-state index contributed by atoms with van der Waals surface area (Å²) in [5.74, 6) is -0.0402. The summed E-state index contributed by atoms with van der Waals surface area (Å²) in [5, 5.41) is 13.3. The molecule has 1 amide bonds. The minimum absolute atomic E-state index is 0.0402. The van der Waals surface area contributed by atoms with Crippen LogP contribution in [0.4, 0.5) is 0 Å². The third-order valence-corrected chi connectivity index (χ3v) is 3.73. The van der Waals surface area contributed by atoms with Gasteiger partial charge in [0.15, 0.2) is 0 Å². The van der Waals surface area contributed by atoms with Crippen LogP contribution in [0.5, 0.6) is 0 Å². The predicted molar refractivity (Wildman–Crippen MR) is 74.3 cm³/mol. The van der Waals surface area contributed by atoms with Crippen molar-refractivity contribution in [1.82, 2.24) is 5.32 Å². The fourth-order valence-electron chi connectivity index (χ4n) is 2.34. The molecule has 0 aliphatic heterocycles. The number of aliphatic hydroxyl groups is 1. The van der Waals surface area contributed by atoms with Crippen LogP contribution in [0.2, 0.25) is 0 Å². The topological polar surface area (TPSA) is 75.4 Å². The molecule has 1 saturated carbocycles. The van der Waals surface area contributed by atoms with E-state index in [2.05, 4.69) is 5.32 Å². The SMILES string of the molecule is CC(N)CC(=O)NCC1(C(O)c2ccccc2)CC1. The third-order valence-electron chi connectivity index (χ3n) is 3.73. The van der Waals surface area contributed by atoms with Gasteiger partial charge in [-0.1, -0.05) is 30.3 Å². The Morgan fingerprint density at radius 1 is 1.42 bits per heavy atom. The Morgan fingerprint density at radius 2 is 2.05 bits per heavy atom. The van der Waals surface area contributed by atoms with Crippen molar-refractivity contribution >= 4 is 5.91 Å². The zero-order chi connectivity index (χ0) is 13.9. The lowest BCUT2D eigenvalue weighted by molar-refractivity contribution is -0.121. The normalized spacial score (nSPS) is 19.5. The van der Waals surface area contributed by atoms with Gasteiger partial charge in [0.1, 0.15) is 0 Å². The molecular formula is C15H22N2O2. The van der Waals surface area contributed by atoms with Gasteiger partial charge in [-0.15, -0.1) is 0 Å². The van der Waals surface area contributed by atoms with E-state index in [1.807, 2.05) is 37.3 Å². The molecule has 4 nitrogen and oxygen atoms in total. The van der Waals surface area contributed by atoms with Crippen molar-refractivity contribution in [1.29, 1.82) is 0 Å². The van der Waals surface area contributed by atoms with E-state index in [1.165, 1.54) is 0 Å². The number of carbonyl (C=O) groups is 1. The van der Waals surface area contributed by atoms with E-state index in [-0.39, 0.29) is 17.4 Å². The van der Waals surface area contributed by atoms with Gasteiger partial charge in [-0.3, -0.25) is 4.79 Å². The fourth-order valence-corrected chi connectivity index (χ4v) is 2.34. The minimum atomic E-state index is -0.510. The van der Waals surface area contributed by atoms with Gasteiger partial charge in [-0.05, 0) is 25.3 Å². The molecule has 19 heavy (non-hydrogen) atoms. The quantitative estimate of drug-likeness (QED) is 0.724. The molecule has 1 aromatic rings. The first-order valence-corrected chi connectivity index (χ1v) is 6.79. The molecule has 1 aliphatic rings. The van der Waals surface area contributed by atoms with Crippen LogP contribution in [0.25, 0.3) is 0 Å². The Labute approximate surface area is 114 Å². The molecule has 1 aliphatic carbocycles. The van der Waals surface area contributed by atoms with Crippen molar-refractivity contribution < 1.29 is 9.90 Å². The molecule has 0 saturated heterocycles. The van der Waals surface area contributed by atoms with Crippen LogP contribution in [0.3, 0.4) is 0 Å². The standard InChI is InChI=1S/C15H22N2O2/c1-11(16)9-13(18)17-10-15(7-8-15)14(19)12-5-3-2-4-6-12/h2-6,11,14,19H,7-10,16H2,1H3,(H,17,18). The van der Waals surface area contributed by atoms with E-state index in [4.69, 9.17) is 5.73 Å². The van der Waals surface area contributed by atoms with Crippen molar-refractivity contribution in [2.45, 2.75) is 38.3 Å². The molecule has 0 radical (unpaired) electrons. The highest BCUT2D eigenvalue weighted by Gasteiger charge is 2.49. The molecule has 1 aromatic carbocycles. The van der Waals surface area contributed by atoms with Crippen LogP contribution >= 0.6 is 0 Å². The van der Waals surface area contributed by atoms with Crippen molar-refractivity contribution in [3.8, 4) is 0 Å². The summed E-state index contributed by atoms with van der Waals surface area (Å²) in [6, 6.07) is 9.49. The molecule has 0 aromatic heterocycles. The fraction of sp³-hybridized carbons (Fsp3) is 0.533. The van der Waals surface area contributed by atoms with E-state index >= 15 is 0 Å². The number of aliphatic hydroxyl groups excluding tert-OH is 1. The van der Waals surface area contributed by atoms with Gasteiger partial charge in [0.25, 0.3) is 0 Å². The zero-order valence-electron chi connectivity index (χ0n) is 11.3. The zero-order valence-corrected chi connectivity index (χ0v) is 11.3. The summed E-state index contributed by atoms with van der Waals surface area (Å²) in [6.45, 7) is 2.33. The lowest BCUT2D eigenvalue weighted by atomic mass is 9.92. The van der Waals surface area contributed by atoms with E-state index in [9.17, 15) is 9.90 Å². The molecule has 4 heteroatoms. The van der Waals surface area contributed by atoms with Gasteiger partial charge in [0.05, 0.1) is 6.10 Å². The molecule has 4 N–H and O–H groups in total. The van der Waals surface area contributed by atoms with Gasteiger partial charge in [-0.2, -0.15) is 0 Å². The van der Waals surface area contributed by atoms with Crippen LogP contribution in [0, 0.1) is 5.41 Å². The molecule has 0 heterocycles. The largest absolute Gasteiger partial charge is 0.388 e. The third kappa shape index (κ3) is 3.55. The molecule has 0 bridgehead atoms. The molecule has 0 spiro atoms. The molecule has 104 valence electrons. The maximum absolute atomic E-state index is 11.6. The highest BCUT2D eigenvalue weighted by molar-refractivity contribution is 5.76. The molecule has 2 rings (SSSR count). The summed E-state index contributed by atoms with van der Waals surface area (Å²) in [6.07, 6.45) is 1.71. The second-order valence-electron chi connectivity index (χ2n) is 5.63. The van der Waals surface area contributed by atoms with Crippen LogP contribution in [0.15, 0.2) is 30.3 Å². The first-order chi connectivity index (χ1) is 9.03. The first-order valence-electron chi connectivity index (χ1n) is 6.79. The van der Waals surface area contributed by atoms with Crippen molar-refractivity contribution in [2.75, 3.05) is 6.54 Å². The molecule has 2 atom stereocenters. The van der Waals surface area contributed by atoms with Crippen LogP contribution in [0.1, 0.15) is 37.9 Å². The Balaban J connectivity index is 1.91. The Bertz CT molecular complexity index is 427. The van der Waals surface area contributed by atoms with Gasteiger partial charge < -0.3 is 16.2 Å². The molecule has 2 unspecified atom stereocenters. The van der Waals surface area contributed by atoms with Crippen molar-refractivity contribution in [3.63, 3.8) is 0 Å². The van der Waals surface area contributed by atoms with Crippen molar-refractivity contribution in [2.24, 2.45) is 11.1 Å². The van der Waals surface area contributed by atoms with Crippen LogP contribution < -0.4 is 11.1 Å². The maximum atomic E-state index is 11.6. The number of benzene rings is 1. The number of hydrogen-bond acceptors (Lipinski definition) is 3. The van der Waals surface area contributed by atoms with Gasteiger partial charge in [0, 0.05) is 24.4 Å². The Kier molecular flexibility index (Phi) is 4.22. The number of amides is 1. The minimum Gasteiger partial charge on any atom is -0.388 e. The summed E-state index contributed by atoms with van der Waals surface area (Å²) < 4.78 is 0. The average molecular weight is 262 g/mol. The average Bonchev–Trinajstić information content (AvgIpc) is 3.17. The monoisotopic (exact) mass is 262 g/mol. The van der Waals surface area contributed by atoms with E-state index in [0.717, 1.165) is 18.4 Å². The highest BCUT2D eigenvalue weighted by Crippen LogP contribution is 2.54. The highest BCUT2D eigenvalue weighted by atomic mass is 16.3. The lowest BCUT2D eigenvalue weighted by Crippen LogP contribution is -2.36. The first kappa shape index (κ1) is 14.0. The van der Waals surface area contributed by atoms with Crippen LogP contribution in [-0.2, 0) is 4.79 Å². The van der Waals surface area contributed by atoms with E-state index < -0.39 is 6.10 Å². The smallest absolute Gasteiger partial charge is 0.221 e. The number of nitrogens with one attached hydrogen (secondary N) is 1. The van der Waals surface area contributed by atoms with E-state index in [1.54, 1.807) is 0 Å². The van der Waals surface area contributed by atoms with Gasteiger partial charge in [0.2, 0.25) is 5.91 Å². The second-order valence-corrected chi connectivity index (χ2v) is 5.63. The molecular weight excluding hydrogens is 240 g/mol. The van der Waals surface area contributed by atoms with Gasteiger partial charge in [-0.25, -0.2) is 0 Å². The summed E-state index contributed by atoms with van der Waals surface area (Å²) in [5.41, 5.74) is 6.32. The Hall–Kier alpha value is -1.39. The maximum Gasteiger partial charge on any atom is 0.221 e. The number of carbonyl (C=O) groups excluding carboxylic acids is 1. The summed E-state index contributed by atoms with van der Waals surface area (Å²) in [7, 11) is 0. The lowest BCUT2D eigenvalue weighted by Gasteiger charge is -2.23. The van der Waals surface area contributed by atoms with E-state index in [0.29, 0.717) is 13.0 Å². The van der Waals surface area contributed by atoms with Crippen LogP contribution in [-0.4, -0.2) is 23.6 Å². The summed E-state index contributed by atoms with van der Waals surface area (Å²) >= 11 is 0. The Morgan fingerprint density at radius 3 is 2.58 bits per heavy atom. The predicted octanol–water partition coefficient (Wildman–Crippen LogP) is 1.35. The second kappa shape index (κ2) is 5.72. The summed E-state index contributed by atoms with van der Waals surface area (Å²) in [4.78, 5) is 11.6. The number of hydrogen-bond donors (Lipinski definition) is 3. The van der Waals surface area contributed by atoms with Crippen molar-refractivity contribution in [3.05, 3.63) is 35.9 Å². The number of nitrogens with two attached hydrogens (primary N) is 1.